The number of nitrogens with zero attached hydrogens (tertiary/aromatic N) is 2. The molecule has 2 aromatic rings. The molecule has 0 radical (unpaired) electrons. The Morgan fingerprint density at radius 2 is 2.08 bits per heavy atom. The Morgan fingerprint density at radius 1 is 1.31 bits per heavy atom. The zero-order valence-electron chi connectivity index (χ0n) is 14.8. The number of guanidine groups is 1. The molecule has 9 heteroatoms. The maximum atomic E-state index is 5.45. The topological polar surface area (TPSA) is 67.8 Å². The van der Waals surface area contributed by atoms with Crippen LogP contribution < -0.4 is 20.1 Å². The predicted molar refractivity (Wildman–Crippen MR) is 119 cm³/mol. The number of benzene rings is 1. The fourth-order valence-corrected chi connectivity index (χ4v) is 3.86. The first-order valence-electron chi connectivity index (χ1n) is 8.03. The van der Waals surface area contributed by atoms with Gasteiger partial charge in [0.2, 0.25) is 6.79 Å². The van der Waals surface area contributed by atoms with Gasteiger partial charge in [0.15, 0.2) is 17.5 Å². The summed E-state index contributed by atoms with van der Waals surface area (Å²) in [5, 5.41) is 9.76. The molecule has 26 heavy (non-hydrogen) atoms. The van der Waals surface area contributed by atoms with Gasteiger partial charge in [0, 0.05) is 19.0 Å². The van der Waals surface area contributed by atoms with Crippen LogP contribution in [-0.2, 0) is 13.1 Å². The van der Waals surface area contributed by atoms with E-state index in [0.717, 1.165) is 38.2 Å². The van der Waals surface area contributed by atoms with Crippen LogP contribution in [0, 0.1) is 0 Å². The van der Waals surface area contributed by atoms with Crippen LogP contribution in [0.15, 0.2) is 27.0 Å². The summed E-state index contributed by atoms with van der Waals surface area (Å²) in [4.78, 5) is 8.88. The van der Waals surface area contributed by atoms with E-state index in [0.29, 0.717) is 19.0 Å². The van der Waals surface area contributed by atoms with E-state index in [1.54, 1.807) is 18.4 Å². The Labute approximate surface area is 182 Å². The number of hydrogen-bond donors (Lipinski definition) is 2. The number of ether oxygens (including phenoxy) is 2. The number of aliphatic imine (C=N–C) groups is 1. The van der Waals surface area contributed by atoms with Crippen LogP contribution in [-0.4, -0.2) is 24.8 Å². The van der Waals surface area contributed by atoms with Gasteiger partial charge in [-0.15, -0.1) is 35.3 Å². The van der Waals surface area contributed by atoms with Gasteiger partial charge in [0.05, 0.1) is 16.7 Å². The van der Waals surface area contributed by atoms with Crippen LogP contribution in [0.5, 0.6) is 11.5 Å². The second kappa shape index (κ2) is 9.75. The van der Waals surface area contributed by atoms with Crippen molar-refractivity contribution in [3.8, 4) is 11.5 Å². The molecule has 0 saturated carbocycles. The standard InChI is InChI=1S/C17H21BrN4O2S.HI/c1-10(2)13-8-25-15(22-13)7-21-17(19-3)20-6-11-4-12(18)16-14(5-11)23-9-24-16;/h4-5,8,10H,6-7,9H2,1-3H3,(H2,19,20,21);1H. The summed E-state index contributed by atoms with van der Waals surface area (Å²) in [5.41, 5.74) is 2.21. The Balaban J connectivity index is 0.00000243. The van der Waals surface area contributed by atoms with Gasteiger partial charge in [-0.2, -0.15) is 0 Å². The Morgan fingerprint density at radius 3 is 2.77 bits per heavy atom. The summed E-state index contributed by atoms with van der Waals surface area (Å²) in [6.07, 6.45) is 0. The van der Waals surface area contributed by atoms with Crippen LogP contribution in [0.1, 0.15) is 36.0 Å². The van der Waals surface area contributed by atoms with Crippen LogP contribution in [0.4, 0.5) is 0 Å². The van der Waals surface area contributed by atoms with Crippen molar-refractivity contribution in [2.24, 2.45) is 4.99 Å². The molecule has 1 aliphatic heterocycles. The van der Waals surface area contributed by atoms with Gasteiger partial charge in [-0.25, -0.2) is 4.98 Å². The molecule has 0 unspecified atom stereocenters. The third kappa shape index (κ3) is 5.23. The highest BCUT2D eigenvalue weighted by Crippen LogP contribution is 2.39. The second-order valence-electron chi connectivity index (χ2n) is 5.91. The first kappa shape index (κ1) is 21.2. The number of fused-ring (bicyclic) bond motifs is 1. The number of rotatable bonds is 5. The number of halogens is 2. The molecular formula is C17H22BrIN4O2S. The van der Waals surface area contributed by atoms with Crippen LogP contribution in [0.25, 0.3) is 0 Å². The molecule has 2 N–H and O–H groups in total. The van der Waals surface area contributed by atoms with E-state index in [1.807, 2.05) is 12.1 Å². The van der Waals surface area contributed by atoms with Crippen molar-refractivity contribution in [3.63, 3.8) is 0 Å². The average molecular weight is 553 g/mol. The molecule has 6 nitrogen and oxygen atoms in total. The van der Waals surface area contributed by atoms with Crippen molar-refractivity contribution in [1.82, 2.24) is 15.6 Å². The normalized spacial score (nSPS) is 12.9. The van der Waals surface area contributed by atoms with Gasteiger partial charge in [0.1, 0.15) is 5.01 Å². The summed E-state index contributed by atoms with van der Waals surface area (Å²) in [7, 11) is 1.76. The lowest BCUT2D eigenvalue weighted by atomic mass is 10.2. The lowest BCUT2D eigenvalue weighted by molar-refractivity contribution is 0.173. The van der Waals surface area contributed by atoms with Gasteiger partial charge in [-0.1, -0.05) is 13.8 Å². The number of hydrogen-bond acceptors (Lipinski definition) is 5. The molecule has 0 spiro atoms. The van der Waals surface area contributed by atoms with Crippen molar-refractivity contribution >= 4 is 57.2 Å². The van der Waals surface area contributed by atoms with E-state index in [4.69, 9.17) is 9.47 Å². The second-order valence-corrected chi connectivity index (χ2v) is 7.71. The number of aromatic nitrogens is 1. The van der Waals surface area contributed by atoms with E-state index >= 15 is 0 Å². The lowest BCUT2D eigenvalue weighted by Crippen LogP contribution is -2.36. The molecule has 142 valence electrons. The zero-order valence-corrected chi connectivity index (χ0v) is 19.6. The quantitative estimate of drug-likeness (QED) is 0.330. The third-order valence-electron chi connectivity index (χ3n) is 3.74. The van der Waals surface area contributed by atoms with Crippen molar-refractivity contribution in [2.45, 2.75) is 32.9 Å². The van der Waals surface area contributed by atoms with Crippen LogP contribution in [0.3, 0.4) is 0 Å². The summed E-state index contributed by atoms with van der Waals surface area (Å²) < 4.78 is 11.7. The molecule has 1 aromatic heterocycles. The SMILES string of the molecule is CN=C(NCc1cc(Br)c2c(c1)OCO2)NCc1nc(C(C)C)cs1.I. The summed E-state index contributed by atoms with van der Waals surface area (Å²) in [6.45, 7) is 5.85. The highest BCUT2D eigenvalue weighted by atomic mass is 127. The van der Waals surface area contributed by atoms with Crippen LogP contribution in [0.2, 0.25) is 0 Å². The minimum absolute atomic E-state index is 0. The van der Waals surface area contributed by atoms with Crippen molar-refractivity contribution in [2.75, 3.05) is 13.8 Å². The smallest absolute Gasteiger partial charge is 0.231 e. The summed E-state index contributed by atoms with van der Waals surface area (Å²) in [6, 6.07) is 3.99. The summed E-state index contributed by atoms with van der Waals surface area (Å²) in [5.74, 6) is 2.70. The monoisotopic (exact) mass is 552 g/mol. The van der Waals surface area contributed by atoms with Gasteiger partial charge >= 0.3 is 0 Å². The molecule has 0 fully saturated rings. The largest absolute Gasteiger partial charge is 0.454 e. The highest BCUT2D eigenvalue weighted by Gasteiger charge is 2.18. The fourth-order valence-electron chi connectivity index (χ4n) is 2.36. The predicted octanol–water partition coefficient (Wildman–Crippen LogP) is 4.24. The maximum Gasteiger partial charge on any atom is 0.231 e. The number of nitrogens with one attached hydrogen (secondary N) is 2. The van der Waals surface area contributed by atoms with Gasteiger partial charge < -0.3 is 20.1 Å². The molecule has 0 atom stereocenters. The Hall–Kier alpha value is -1.07. The maximum absolute atomic E-state index is 5.45. The van der Waals surface area contributed by atoms with E-state index in [-0.39, 0.29) is 30.8 Å². The lowest BCUT2D eigenvalue weighted by Gasteiger charge is -2.12. The van der Waals surface area contributed by atoms with E-state index in [1.165, 1.54) is 0 Å². The van der Waals surface area contributed by atoms with Gasteiger partial charge in [0.25, 0.3) is 0 Å². The molecule has 0 saturated heterocycles. The molecule has 3 rings (SSSR count). The Kier molecular flexibility index (Phi) is 7.96. The van der Waals surface area contributed by atoms with Gasteiger partial charge in [-0.3, -0.25) is 4.99 Å². The number of thiazole rings is 1. The highest BCUT2D eigenvalue weighted by molar-refractivity contribution is 14.0. The third-order valence-corrected chi connectivity index (χ3v) is 5.19. The van der Waals surface area contributed by atoms with Crippen molar-refractivity contribution in [1.29, 1.82) is 0 Å². The average Bonchev–Trinajstić information content (AvgIpc) is 3.24. The zero-order chi connectivity index (χ0) is 17.8. The van der Waals surface area contributed by atoms with Crippen molar-refractivity contribution < 1.29 is 9.47 Å². The molecule has 1 aromatic carbocycles. The minimum Gasteiger partial charge on any atom is -0.454 e. The molecule has 0 bridgehead atoms. The molecule has 0 aliphatic carbocycles. The van der Waals surface area contributed by atoms with E-state index in [2.05, 4.69) is 55.8 Å². The van der Waals surface area contributed by atoms with Gasteiger partial charge in [-0.05, 0) is 39.5 Å². The van der Waals surface area contributed by atoms with E-state index in [9.17, 15) is 0 Å². The van der Waals surface area contributed by atoms with Crippen molar-refractivity contribution in [3.05, 3.63) is 38.3 Å². The Bertz CT molecular complexity index is 782. The van der Waals surface area contributed by atoms with E-state index < -0.39 is 0 Å². The minimum atomic E-state index is 0. The van der Waals surface area contributed by atoms with Crippen LogP contribution >= 0.6 is 51.2 Å². The fraction of sp³-hybridized carbons (Fsp3) is 0.412. The molecule has 0 amide bonds. The summed E-state index contributed by atoms with van der Waals surface area (Å²) >= 11 is 5.18. The molecule has 1 aliphatic rings. The first-order valence-corrected chi connectivity index (χ1v) is 9.71. The molecule has 2 heterocycles. The first-order chi connectivity index (χ1) is 12.1. The molecular weight excluding hydrogens is 531 g/mol.